The molecule has 0 aliphatic rings. The molecule has 0 aliphatic heterocycles. The number of nitrogens with one attached hydrogen (secondary N) is 1. The minimum Gasteiger partial charge on any atom is -0.366 e. The molecule has 0 saturated heterocycles. The van der Waals surface area contributed by atoms with Crippen LogP contribution in [0.1, 0.15) is 10.6 Å². The van der Waals surface area contributed by atoms with Crippen molar-refractivity contribution in [1.29, 1.82) is 0 Å². The summed E-state index contributed by atoms with van der Waals surface area (Å²) in [5, 5.41) is 13.4. The van der Waals surface area contributed by atoms with Crippen LogP contribution in [-0.2, 0) is 6.42 Å². The van der Waals surface area contributed by atoms with Gasteiger partial charge in [-0.15, -0.1) is 21.5 Å². The van der Waals surface area contributed by atoms with E-state index >= 15 is 0 Å². The molecule has 0 amide bonds. The van der Waals surface area contributed by atoms with Crippen molar-refractivity contribution in [3.8, 4) is 0 Å². The van der Waals surface area contributed by atoms with Crippen LogP contribution in [0.5, 0.6) is 0 Å². The largest absolute Gasteiger partial charge is 0.366 e. The maximum Gasteiger partial charge on any atom is 0.274 e. The number of anilines is 1. The van der Waals surface area contributed by atoms with Crippen LogP contribution in [0, 0.1) is 0 Å². The number of thiophene rings is 1. The number of nitrogens with two attached hydrogens (primary N) is 1. The molecule has 0 aromatic carbocycles. The number of aromatic nitrogens is 5. The number of hydrogen-bond acceptors (Lipinski definition) is 6. The third-order valence-corrected chi connectivity index (χ3v) is 3.17. The topological polar surface area (TPSA) is 102 Å². The molecule has 17 heavy (non-hydrogen) atoms. The Balaban J connectivity index is 2.12. The lowest BCUT2D eigenvalue weighted by Gasteiger charge is -1.98. The van der Waals surface area contributed by atoms with Crippen LogP contribution in [0.4, 0.5) is 5.95 Å². The summed E-state index contributed by atoms with van der Waals surface area (Å²) in [6.45, 7) is 0. The van der Waals surface area contributed by atoms with E-state index in [0.717, 1.165) is 4.88 Å². The third kappa shape index (κ3) is 1.68. The second-order valence-electron chi connectivity index (χ2n) is 3.45. The number of nitrogens with zero attached hydrogens (tertiary/aromatic N) is 4. The van der Waals surface area contributed by atoms with E-state index in [1.165, 1.54) is 4.52 Å². The number of H-pyrrole nitrogens is 1. The Hall–Kier alpha value is -2.22. The van der Waals surface area contributed by atoms with Crippen molar-refractivity contribution < 1.29 is 0 Å². The Morgan fingerprint density at radius 3 is 3.12 bits per heavy atom. The smallest absolute Gasteiger partial charge is 0.274 e. The molecule has 0 atom stereocenters. The lowest BCUT2D eigenvalue weighted by atomic mass is 10.3. The van der Waals surface area contributed by atoms with Crippen molar-refractivity contribution in [3.63, 3.8) is 0 Å². The molecule has 0 spiro atoms. The van der Waals surface area contributed by atoms with Gasteiger partial charge in [0.25, 0.3) is 11.3 Å². The van der Waals surface area contributed by atoms with Crippen molar-refractivity contribution in [3.05, 3.63) is 38.4 Å². The highest BCUT2D eigenvalue weighted by Gasteiger charge is 2.09. The molecule has 86 valence electrons. The highest BCUT2D eigenvalue weighted by molar-refractivity contribution is 7.09. The first kappa shape index (κ1) is 9.97. The predicted molar refractivity (Wildman–Crippen MR) is 62.9 cm³/mol. The van der Waals surface area contributed by atoms with Crippen molar-refractivity contribution >= 4 is 23.1 Å². The van der Waals surface area contributed by atoms with Crippen molar-refractivity contribution in [2.45, 2.75) is 6.42 Å². The van der Waals surface area contributed by atoms with Gasteiger partial charge < -0.3 is 5.73 Å². The minimum atomic E-state index is -0.265. The first-order valence-electron chi connectivity index (χ1n) is 4.86. The molecule has 0 bridgehead atoms. The Morgan fingerprint density at radius 1 is 1.47 bits per heavy atom. The normalized spacial score (nSPS) is 11.1. The standard InChI is InChI=1S/C9H8N6OS/c10-8-12-13-9-11-7(16)6(14-15(8)9)4-5-2-1-3-17-5/h1-3H,4H2,(H2,10,12)(H,11,13,16). The summed E-state index contributed by atoms with van der Waals surface area (Å²) in [7, 11) is 0. The number of nitrogen functional groups attached to an aromatic ring is 1. The molecule has 3 rings (SSSR count). The zero-order valence-electron chi connectivity index (χ0n) is 8.62. The van der Waals surface area contributed by atoms with Gasteiger partial charge in [-0.2, -0.15) is 9.61 Å². The Morgan fingerprint density at radius 2 is 2.35 bits per heavy atom. The van der Waals surface area contributed by atoms with E-state index in [1.807, 2.05) is 17.5 Å². The summed E-state index contributed by atoms with van der Waals surface area (Å²) in [5.41, 5.74) is 5.71. The Bertz CT molecular complexity index is 713. The maximum atomic E-state index is 11.7. The molecule has 3 aromatic rings. The van der Waals surface area contributed by atoms with Gasteiger partial charge in [0.05, 0.1) is 0 Å². The van der Waals surface area contributed by atoms with Crippen molar-refractivity contribution in [1.82, 2.24) is 24.8 Å². The van der Waals surface area contributed by atoms with Gasteiger partial charge in [-0.05, 0) is 11.4 Å². The fraction of sp³-hybridized carbons (Fsp3) is 0.111. The molecule has 3 heterocycles. The van der Waals surface area contributed by atoms with E-state index < -0.39 is 0 Å². The monoisotopic (exact) mass is 248 g/mol. The summed E-state index contributed by atoms with van der Waals surface area (Å²) in [6, 6.07) is 3.88. The summed E-state index contributed by atoms with van der Waals surface area (Å²) in [5.74, 6) is 0.408. The molecule has 0 aliphatic carbocycles. The third-order valence-electron chi connectivity index (χ3n) is 2.29. The number of rotatable bonds is 2. The first-order valence-corrected chi connectivity index (χ1v) is 5.74. The minimum absolute atomic E-state index is 0.156. The van der Waals surface area contributed by atoms with Crippen molar-refractivity contribution in [2.75, 3.05) is 5.73 Å². The molecule has 0 saturated carbocycles. The van der Waals surface area contributed by atoms with E-state index in [4.69, 9.17) is 5.73 Å². The number of fused-ring (bicyclic) bond motifs is 1. The van der Waals surface area contributed by atoms with Gasteiger partial charge in [-0.25, -0.2) is 0 Å². The first-order chi connectivity index (χ1) is 8.24. The van der Waals surface area contributed by atoms with Gasteiger partial charge in [0, 0.05) is 11.3 Å². The average molecular weight is 248 g/mol. The fourth-order valence-electron chi connectivity index (χ4n) is 1.50. The number of aromatic amines is 1. The number of hydrogen-bond donors (Lipinski definition) is 2. The Labute approximate surface area is 98.9 Å². The van der Waals surface area contributed by atoms with Gasteiger partial charge in [-0.1, -0.05) is 6.07 Å². The summed E-state index contributed by atoms with van der Waals surface area (Å²) < 4.78 is 1.32. The SMILES string of the molecule is Nc1nnc2[nH]c(=O)c(Cc3cccs3)nn12. The molecule has 0 fully saturated rings. The molecule has 8 heteroatoms. The van der Waals surface area contributed by atoms with Crippen LogP contribution >= 0.6 is 11.3 Å². The average Bonchev–Trinajstić information content (AvgIpc) is 2.92. The van der Waals surface area contributed by atoms with Crippen LogP contribution in [0.25, 0.3) is 5.78 Å². The van der Waals surface area contributed by atoms with Crippen molar-refractivity contribution in [2.24, 2.45) is 0 Å². The van der Waals surface area contributed by atoms with E-state index in [9.17, 15) is 4.79 Å². The quantitative estimate of drug-likeness (QED) is 0.667. The fourth-order valence-corrected chi connectivity index (χ4v) is 2.21. The molecular formula is C9H8N6OS. The molecule has 0 radical (unpaired) electrons. The lowest BCUT2D eigenvalue weighted by molar-refractivity contribution is 0.834. The highest BCUT2D eigenvalue weighted by Crippen LogP contribution is 2.11. The van der Waals surface area contributed by atoms with Crippen LogP contribution < -0.4 is 11.3 Å². The second-order valence-corrected chi connectivity index (χ2v) is 4.48. The van der Waals surface area contributed by atoms with Crippen LogP contribution in [0.15, 0.2) is 22.3 Å². The lowest BCUT2D eigenvalue weighted by Crippen LogP contribution is -2.19. The summed E-state index contributed by atoms with van der Waals surface area (Å²) in [4.78, 5) is 15.4. The van der Waals surface area contributed by atoms with Crippen LogP contribution in [-0.4, -0.2) is 24.8 Å². The van der Waals surface area contributed by atoms with E-state index in [2.05, 4.69) is 20.3 Å². The summed E-state index contributed by atoms with van der Waals surface area (Å²) in [6.07, 6.45) is 0.473. The zero-order chi connectivity index (χ0) is 11.8. The second kappa shape index (κ2) is 3.67. The molecule has 7 nitrogen and oxygen atoms in total. The highest BCUT2D eigenvalue weighted by atomic mass is 32.1. The van der Waals surface area contributed by atoms with E-state index in [0.29, 0.717) is 12.1 Å². The summed E-state index contributed by atoms with van der Waals surface area (Å²) >= 11 is 1.57. The molecule has 3 N–H and O–H groups in total. The maximum absolute atomic E-state index is 11.7. The van der Waals surface area contributed by atoms with Gasteiger partial charge in [0.2, 0.25) is 5.95 Å². The zero-order valence-corrected chi connectivity index (χ0v) is 9.44. The van der Waals surface area contributed by atoms with Gasteiger partial charge in [-0.3, -0.25) is 9.78 Å². The van der Waals surface area contributed by atoms with Gasteiger partial charge >= 0.3 is 0 Å². The predicted octanol–water partition coefficient (Wildman–Crippen LogP) is 0.0471. The van der Waals surface area contributed by atoms with Crippen LogP contribution in [0.2, 0.25) is 0 Å². The van der Waals surface area contributed by atoms with Crippen LogP contribution in [0.3, 0.4) is 0 Å². The van der Waals surface area contributed by atoms with Gasteiger partial charge in [0.15, 0.2) is 0 Å². The molecular weight excluding hydrogens is 240 g/mol. The van der Waals surface area contributed by atoms with Gasteiger partial charge in [0.1, 0.15) is 5.69 Å². The Kier molecular flexibility index (Phi) is 2.15. The van der Waals surface area contributed by atoms with E-state index in [-0.39, 0.29) is 17.3 Å². The molecule has 3 aromatic heterocycles. The van der Waals surface area contributed by atoms with E-state index in [1.54, 1.807) is 11.3 Å². The molecule has 0 unspecified atom stereocenters.